The van der Waals surface area contributed by atoms with Gasteiger partial charge in [-0.2, -0.15) is 13.2 Å². The first-order valence-corrected chi connectivity index (χ1v) is 9.62. The summed E-state index contributed by atoms with van der Waals surface area (Å²) in [6.07, 6.45) is -7.55. The summed E-state index contributed by atoms with van der Waals surface area (Å²) in [6.45, 7) is 0.333. The van der Waals surface area contributed by atoms with Gasteiger partial charge in [0.05, 0.1) is 24.8 Å². The number of nitrogens with one attached hydrogen (secondary N) is 1. The van der Waals surface area contributed by atoms with E-state index in [0.717, 1.165) is 12.1 Å². The van der Waals surface area contributed by atoms with Gasteiger partial charge in [-0.05, 0) is 29.8 Å². The third-order valence-electron chi connectivity index (χ3n) is 4.54. The van der Waals surface area contributed by atoms with Crippen LogP contribution in [-0.2, 0) is 17.5 Å². The van der Waals surface area contributed by atoms with Crippen molar-refractivity contribution in [3.63, 3.8) is 0 Å². The van der Waals surface area contributed by atoms with Gasteiger partial charge in [0.1, 0.15) is 12.4 Å². The molecular formula is C21H21F5N4O3. The Kier molecular flexibility index (Phi) is 7.36. The van der Waals surface area contributed by atoms with Gasteiger partial charge in [0.25, 0.3) is 6.43 Å². The Hall–Kier alpha value is -3.41. The highest BCUT2D eigenvalue weighted by atomic mass is 19.4. The lowest BCUT2D eigenvalue weighted by Gasteiger charge is -2.15. The van der Waals surface area contributed by atoms with Crippen molar-refractivity contribution in [3.05, 3.63) is 47.3 Å². The first-order chi connectivity index (χ1) is 15.6. The summed E-state index contributed by atoms with van der Waals surface area (Å²) in [7, 11) is 2.89. The van der Waals surface area contributed by atoms with Crippen LogP contribution in [0.2, 0.25) is 0 Å². The number of methoxy groups -OCH3 is 2. The largest absolute Gasteiger partial charge is 0.493 e. The van der Waals surface area contributed by atoms with Crippen molar-refractivity contribution in [2.24, 2.45) is 0 Å². The molecule has 0 bridgehead atoms. The van der Waals surface area contributed by atoms with E-state index in [9.17, 15) is 22.0 Å². The number of rotatable bonds is 9. The molecule has 178 valence electrons. The highest BCUT2D eigenvalue weighted by Crippen LogP contribution is 2.36. The monoisotopic (exact) mass is 472 g/mol. The number of halogens is 5. The van der Waals surface area contributed by atoms with Crippen LogP contribution in [-0.4, -0.2) is 37.4 Å². The van der Waals surface area contributed by atoms with E-state index < -0.39 is 24.0 Å². The number of benzene rings is 2. The van der Waals surface area contributed by atoms with Gasteiger partial charge in [-0.1, -0.05) is 0 Å². The van der Waals surface area contributed by atoms with E-state index in [1.807, 2.05) is 0 Å². The lowest BCUT2D eigenvalue weighted by atomic mass is 10.1. The van der Waals surface area contributed by atoms with Gasteiger partial charge >= 0.3 is 6.18 Å². The Morgan fingerprint density at radius 3 is 2.39 bits per heavy atom. The molecule has 0 spiro atoms. The van der Waals surface area contributed by atoms with Crippen molar-refractivity contribution in [1.82, 2.24) is 9.97 Å². The molecule has 3 N–H and O–H groups in total. The van der Waals surface area contributed by atoms with Gasteiger partial charge < -0.3 is 25.3 Å². The molecule has 0 unspecified atom stereocenters. The highest BCUT2D eigenvalue weighted by Gasteiger charge is 2.31. The maximum Gasteiger partial charge on any atom is 0.416 e. The molecule has 3 rings (SSSR count). The highest BCUT2D eigenvalue weighted by molar-refractivity contribution is 5.91. The second kappa shape index (κ2) is 10.0. The number of alkyl halides is 5. The predicted octanol–water partition coefficient (Wildman–Crippen LogP) is 4.81. The zero-order chi connectivity index (χ0) is 24.2. The van der Waals surface area contributed by atoms with Crippen molar-refractivity contribution in [2.45, 2.75) is 19.1 Å². The van der Waals surface area contributed by atoms with Gasteiger partial charge in [0, 0.05) is 30.8 Å². The van der Waals surface area contributed by atoms with E-state index in [1.54, 1.807) is 0 Å². The summed E-state index contributed by atoms with van der Waals surface area (Å²) in [6, 6.07) is 6.00. The Morgan fingerprint density at radius 1 is 1.00 bits per heavy atom. The molecule has 2 aromatic carbocycles. The van der Waals surface area contributed by atoms with E-state index in [-0.39, 0.29) is 41.5 Å². The van der Waals surface area contributed by atoms with Crippen LogP contribution < -0.4 is 20.5 Å². The van der Waals surface area contributed by atoms with Gasteiger partial charge in [-0.25, -0.2) is 18.7 Å². The molecule has 0 amide bonds. The van der Waals surface area contributed by atoms with Gasteiger partial charge in [0.2, 0.25) is 0 Å². The number of nitrogens with two attached hydrogens (primary N) is 1. The van der Waals surface area contributed by atoms with Crippen molar-refractivity contribution in [3.8, 4) is 11.5 Å². The second-order valence-electron chi connectivity index (χ2n) is 6.91. The molecule has 0 atom stereocenters. The second-order valence-corrected chi connectivity index (χ2v) is 6.91. The van der Waals surface area contributed by atoms with E-state index in [4.69, 9.17) is 19.9 Å². The number of hydrogen-bond donors (Lipinski definition) is 2. The minimum atomic E-state index is -4.58. The van der Waals surface area contributed by atoms with Crippen molar-refractivity contribution in [2.75, 3.05) is 38.5 Å². The Balaban J connectivity index is 2.01. The average molecular weight is 472 g/mol. The third-order valence-corrected chi connectivity index (χ3v) is 4.54. The molecule has 1 aromatic heterocycles. The smallest absolute Gasteiger partial charge is 0.416 e. The van der Waals surface area contributed by atoms with Crippen LogP contribution in [0.1, 0.15) is 23.4 Å². The number of hydrogen-bond acceptors (Lipinski definition) is 7. The number of nitrogens with zero attached hydrogens (tertiary/aromatic N) is 2. The number of fused-ring (bicyclic) bond motifs is 1. The molecule has 12 heteroatoms. The van der Waals surface area contributed by atoms with Crippen LogP contribution in [0.25, 0.3) is 10.9 Å². The number of aromatic nitrogens is 2. The topological polar surface area (TPSA) is 91.5 Å². The average Bonchev–Trinajstić information content (AvgIpc) is 2.76. The van der Waals surface area contributed by atoms with Crippen LogP contribution in [0.5, 0.6) is 11.5 Å². The first kappa shape index (κ1) is 24.2. The molecule has 3 aromatic rings. The molecule has 0 saturated carbocycles. The van der Waals surface area contributed by atoms with Crippen LogP contribution in [0.3, 0.4) is 0 Å². The van der Waals surface area contributed by atoms with Gasteiger partial charge in [-0.15, -0.1) is 0 Å². The van der Waals surface area contributed by atoms with E-state index >= 15 is 0 Å². The fraction of sp³-hybridized carbons (Fsp3) is 0.333. The van der Waals surface area contributed by atoms with Crippen molar-refractivity contribution >= 4 is 22.4 Å². The van der Waals surface area contributed by atoms with Crippen LogP contribution >= 0.6 is 0 Å². The summed E-state index contributed by atoms with van der Waals surface area (Å²) in [5, 5.41) is 3.12. The normalized spacial score (nSPS) is 11.8. The summed E-state index contributed by atoms with van der Waals surface area (Å²) in [5.74, 6) is -0.204. The summed E-state index contributed by atoms with van der Waals surface area (Å²) >= 11 is 0. The van der Waals surface area contributed by atoms with E-state index in [1.165, 1.54) is 32.4 Å². The lowest BCUT2D eigenvalue weighted by molar-refractivity contribution is -0.137. The van der Waals surface area contributed by atoms with Crippen LogP contribution in [0.15, 0.2) is 30.3 Å². The molecule has 0 aliphatic heterocycles. The molecule has 0 aliphatic rings. The van der Waals surface area contributed by atoms with Crippen LogP contribution in [0.4, 0.5) is 33.5 Å². The van der Waals surface area contributed by atoms with Crippen molar-refractivity contribution in [1.29, 1.82) is 0 Å². The maximum absolute atomic E-state index is 13.4. The Bertz CT molecular complexity index is 1130. The van der Waals surface area contributed by atoms with E-state index in [2.05, 4.69) is 15.3 Å². The standard InChI is InChI=1S/C21H21F5N4O3/c1-31-3-4-33-17-8-14-15(9-16(17)32-2)29-20(18(22)23)30-19(14)28-10-11-5-12(21(24,25)26)7-13(27)6-11/h5-9,18H,3-4,10,27H2,1-2H3,(H,28,29,30). The number of anilines is 2. The zero-order valence-electron chi connectivity index (χ0n) is 17.7. The molecule has 33 heavy (non-hydrogen) atoms. The summed E-state index contributed by atoms with van der Waals surface area (Å²) in [5.41, 5.74) is 4.93. The molecule has 1 heterocycles. The fourth-order valence-corrected chi connectivity index (χ4v) is 3.06. The number of ether oxygens (including phenoxy) is 3. The number of nitrogen functional groups attached to an aromatic ring is 1. The molecule has 0 radical (unpaired) electrons. The molecular weight excluding hydrogens is 451 g/mol. The van der Waals surface area contributed by atoms with Gasteiger partial charge in [0.15, 0.2) is 17.3 Å². The minimum Gasteiger partial charge on any atom is -0.493 e. The fourth-order valence-electron chi connectivity index (χ4n) is 3.06. The Labute approximate surface area is 185 Å². The zero-order valence-corrected chi connectivity index (χ0v) is 17.7. The SMILES string of the molecule is COCCOc1cc2c(NCc3cc(N)cc(C(F)(F)F)c3)nc(C(F)F)nc2cc1OC. The molecule has 0 saturated heterocycles. The van der Waals surface area contributed by atoms with E-state index in [0.29, 0.717) is 17.7 Å². The molecule has 0 aliphatic carbocycles. The Morgan fingerprint density at radius 2 is 1.76 bits per heavy atom. The molecule has 0 fully saturated rings. The minimum absolute atomic E-state index is 0.00877. The van der Waals surface area contributed by atoms with Gasteiger partial charge in [-0.3, -0.25) is 0 Å². The molecule has 7 nitrogen and oxygen atoms in total. The quantitative estimate of drug-likeness (QED) is 0.262. The first-order valence-electron chi connectivity index (χ1n) is 9.62. The summed E-state index contributed by atoms with van der Waals surface area (Å²) in [4.78, 5) is 7.72. The van der Waals surface area contributed by atoms with Crippen LogP contribution in [0, 0.1) is 0 Å². The maximum atomic E-state index is 13.4. The predicted molar refractivity (Wildman–Crippen MR) is 112 cm³/mol. The lowest BCUT2D eigenvalue weighted by Crippen LogP contribution is -2.10. The summed E-state index contributed by atoms with van der Waals surface area (Å²) < 4.78 is 81.8. The third kappa shape index (κ3) is 5.89. The van der Waals surface area contributed by atoms with Crippen molar-refractivity contribution < 1.29 is 36.2 Å².